The van der Waals surface area contributed by atoms with Gasteiger partial charge in [-0.1, -0.05) is 38.1 Å². The standard InChI is InChI=1S/C28H36N6O5S/c1-19(2)26(27(29)36)32-28-22-6-4-5-7-23(22)30-24(31-28)18-33-14-16-34(17-15-33)40(37,38)21-11-8-20(9-12-21)10-13-25(35)39-3/h4-9,11-12,19,26H,10,13-18H2,1-3H3,(H2,29,36)(H,30,31,32)/t26-/m0/s1. The first-order chi connectivity index (χ1) is 19.1. The number of aryl methyl sites for hydroxylation is 1. The van der Waals surface area contributed by atoms with Crippen molar-refractivity contribution < 1.29 is 22.7 Å². The number of sulfonamides is 1. The summed E-state index contributed by atoms with van der Waals surface area (Å²) < 4.78 is 32.6. The molecule has 1 aromatic heterocycles. The van der Waals surface area contributed by atoms with Gasteiger partial charge in [-0.05, 0) is 42.2 Å². The summed E-state index contributed by atoms with van der Waals surface area (Å²) in [6.07, 6.45) is 0.729. The summed E-state index contributed by atoms with van der Waals surface area (Å²) in [4.78, 5) is 35.2. The van der Waals surface area contributed by atoms with Crippen molar-refractivity contribution in [2.75, 3.05) is 38.6 Å². The Hall–Kier alpha value is -3.61. The van der Waals surface area contributed by atoms with Crippen molar-refractivity contribution in [1.29, 1.82) is 0 Å². The number of nitrogens with one attached hydrogen (secondary N) is 1. The fourth-order valence-corrected chi connectivity index (χ4v) is 6.09. The van der Waals surface area contributed by atoms with Crippen LogP contribution >= 0.6 is 0 Å². The topological polar surface area (TPSA) is 148 Å². The maximum atomic E-state index is 13.2. The van der Waals surface area contributed by atoms with Gasteiger partial charge >= 0.3 is 5.97 Å². The predicted molar refractivity (Wildman–Crippen MR) is 152 cm³/mol. The lowest BCUT2D eigenvalue weighted by molar-refractivity contribution is -0.140. The Kier molecular flexibility index (Phi) is 9.33. The van der Waals surface area contributed by atoms with Gasteiger partial charge in [0, 0.05) is 38.0 Å². The number of methoxy groups -OCH3 is 1. The molecule has 0 saturated carbocycles. The molecule has 1 fully saturated rings. The third-order valence-electron chi connectivity index (χ3n) is 7.02. The van der Waals surface area contributed by atoms with Crippen LogP contribution in [0, 0.1) is 5.92 Å². The van der Waals surface area contributed by atoms with Gasteiger partial charge in [0.25, 0.3) is 0 Å². The Bertz CT molecular complexity index is 1450. The number of ether oxygens (including phenoxy) is 1. The number of anilines is 1. The number of rotatable bonds is 11. The van der Waals surface area contributed by atoms with E-state index in [1.54, 1.807) is 24.3 Å². The smallest absolute Gasteiger partial charge is 0.305 e. The van der Waals surface area contributed by atoms with E-state index < -0.39 is 22.0 Å². The van der Waals surface area contributed by atoms with E-state index in [-0.39, 0.29) is 23.2 Å². The zero-order valence-electron chi connectivity index (χ0n) is 23.0. The summed E-state index contributed by atoms with van der Waals surface area (Å²) in [6, 6.07) is 13.6. The Morgan fingerprint density at radius 2 is 1.70 bits per heavy atom. The molecule has 1 saturated heterocycles. The molecule has 1 amide bonds. The van der Waals surface area contributed by atoms with Crippen molar-refractivity contribution in [3.63, 3.8) is 0 Å². The first-order valence-electron chi connectivity index (χ1n) is 13.3. The summed E-state index contributed by atoms with van der Waals surface area (Å²) in [6.45, 7) is 5.98. The minimum atomic E-state index is -3.65. The molecule has 12 heteroatoms. The van der Waals surface area contributed by atoms with Crippen LogP contribution in [0.1, 0.15) is 31.7 Å². The molecular formula is C28H36N6O5S. The molecule has 40 heavy (non-hydrogen) atoms. The molecule has 3 aromatic rings. The molecule has 3 N–H and O–H groups in total. The SMILES string of the molecule is COC(=O)CCc1ccc(S(=O)(=O)N2CCN(Cc3nc(N[C@H](C(N)=O)C(C)C)c4ccccc4n3)CC2)cc1. The lowest BCUT2D eigenvalue weighted by atomic mass is 10.0. The van der Waals surface area contributed by atoms with Crippen LogP contribution in [0.2, 0.25) is 0 Å². The van der Waals surface area contributed by atoms with E-state index in [4.69, 9.17) is 15.7 Å². The maximum Gasteiger partial charge on any atom is 0.305 e. The molecule has 1 aliphatic heterocycles. The lowest BCUT2D eigenvalue weighted by Gasteiger charge is -2.33. The molecule has 4 rings (SSSR count). The Morgan fingerprint density at radius 3 is 2.33 bits per heavy atom. The molecule has 0 radical (unpaired) electrons. The number of para-hydroxylation sites is 1. The molecule has 0 aliphatic carbocycles. The molecule has 11 nitrogen and oxygen atoms in total. The second-order valence-corrected chi connectivity index (χ2v) is 12.1. The number of carbonyl (C=O) groups excluding carboxylic acids is 2. The van der Waals surface area contributed by atoms with Crippen molar-refractivity contribution in [2.45, 2.75) is 44.2 Å². The highest BCUT2D eigenvalue weighted by atomic mass is 32.2. The molecule has 1 atom stereocenters. The third-order valence-corrected chi connectivity index (χ3v) is 8.93. The Labute approximate surface area is 234 Å². The van der Waals surface area contributed by atoms with Gasteiger partial charge in [-0.25, -0.2) is 18.4 Å². The number of esters is 1. The van der Waals surface area contributed by atoms with Crippen LogP contribution in [-0.2, 0) is 37.3 Å². The Balaban J connectivity index is 1.42. The van der Waals surface area contributed by atoms with Crippen LogP contribution in [0.25, 0.3) is 10.9 Å². The highest BCUT2D eigenvalue weighted by Gasteiger charge is 2.29. The van der Waals surface area contributed by atoms with Crippen LogP contribution in [0.15, 0.2) is 53.4 Å². The second kappa shape index (κ2) is 12.7. The number of benzene rings is 2. The van der Waals surface area contributed by atoms with E-state index in [0.29, 0.717) is 50.8 Å². The number of aromatic nitrogens is 2. The first kappa shape index (κ1) is 29.4. The largest absolute Gasteiger partial charge is 0.469 e. The van der Waals surface area contributed by atoms with Gasteiger partial charge in [-0.15, -0.1) is 0 Å². The number of piperazine rings is 1. The van der Waals surface area contributed by atoms with Crippen molar-refractivity contribution in [2.24, 2.45) is 11.7 Å². The van der Waals surface area contributed by atoms with E-state index in [1.165, 1.54) is 11.4 Å². The van der Waals surface area contributed by atoms with Crippen molar-refractivity contribution in [3.8, 4) is 0 Å². The van der Waals surface area contributed by atoms with Gasteiger partial charge in [-0.2, -0.15) is 4.31 Å². The highest BCUT2D eigenvalue weighted by Crippen LogP contribution is 2.24. The van der Waals surface area contributed by atoms with Gasteiger partial charge in [0.05, 0.1) is 24.1 Å². The normalized spacial score (nSPS) is 15.7. The molecule has 2 aromatic carbocycles. The number of hydrogen-bond donors (Lipinski definition) is 2. The number of nitrogens with two attached hydrogens (primary N) is 1. The number of primary amides is 1. The van der Waals surface area contributed by atoms with Crippen molar-refractivity contribution in [1.82, 2.24) is 19.2 Å². The molecule has 1 aliphatic rings. The summed E-state index contributed by atoms with van der Waals surface area (Å²) in [7, 11) is -2.30. The first-order valence-corrected chi connectivity index (χ1v) is 14.7. The van der Waals surface area contributed by atoms with Gasteiger partial charge in [-0.3, -0.25) is 14.5 Å². The summed E-state index contributed by atoms with van der Waals surface area (Å²) >= 11 is 0. The molecule has 0 bridgehead atoms. The van der Waals surface area contributed by atoms with E-state index in [0.717, 1.165) is 16.5 Å². The zero-order valence-corrected chi connectivity index (χ0v) is 23.9. The zero-order chi connectivity index (χ0) is 28.9. The fraction of sp³-hybridized carbons (Fsp3) is 0.429. The van der Waals surface area contributed by atoms with Crippen molar-refractivity contribution >= 4 is 38.6 Å². The highest BCUT2D eigenvalue weighted by molar-refractivity contribution is 7.89. The molecule has 0 unspecified atom stereocenters. The minimum absolute atomic E-state index is 0.0271. The lowest BCUT2D eigenvalue weighted by Crippen LogP contribution is -2.48. The van der Waals surface area contributed by atoms with Crippen LogP contribution in [0.4, 0.5) is 5.82 Å². The van der Waals surface area contributed by atoms with E-state index >= 15 is 0 Å². The number of nitrogens with zero attached hydrogens (tertiary/aromatic N) is 4. The van der Waals surface area contributed by atoms with Gasteiger partial charge < -0.3 is 15.8 Å². The van der Waals surface area contributed by atoms with Gasteiger partial charge in [0.15, 0.2) is 0 Å². The number of carbonyl (C=O) groups is 2. The van der Waals surface area contributed by atoms with Crippen molar-refractivity contribution in [3.05, 3.63) is 59.9 Å². The monoisotopic (exact) mass is 568 g/mol. The summed E-state index contributed by atoms with van der Waals surface area (Å²) in [5.74, 6) is 0.344. The minimum Gasteiger partial charge on any atom is -0.469 e. The van der Waals surface area contributed by atoms with Gasteiger partial charge in [0.1, 0.15) is 17.7 Å². The average Bonchev–Trinajstić information content (AvgIpc) is 2.94. The van der Waals surface area contributed by atoms with E-state index in [1.807, 2.05) is 38.1 Å². The summed E-state index contributed by atoms with van der Waals surface area (Å²) in [5.41, 5.74) is 7.24. The number of fused-ring (bicyclic) bond motifs is 1. The Morgan fingerprint density at radius 1 is 1.02 bits per heavy atom. The quantitative estimate of drug-likeness (QED) is 0.332. The van der Waals surface area contributed by atoms with E-state index in [9.17, 15) is 18.0 Å². The van der Waals surface area contributed by atoms with Crippen LogP contribution in [0.5, 0.6) is 0 Å². The predicted octanol–water partition coefficient (Wildman–Crippen LogP) is 2.16. The third kappa shape index (κ3) is 6.93. The second-order valence-electron chi connectivity index (χ2n) is 10.2. The number of hydrogen-bond acceptors (Lipinski definition) is 9. The van der Waals surface area contributed by atoms with Gasteiger partial charge in [0.2, 0.25) is 15.9 Å². The molecule has 2 heterocycles. The van der Waals surface area contributed by atoms with E-state index in [2.05, 4.69) is 15.0 Å². The van der Waals surface area contributed by atoms with Crippen LogP contribution < -0.4 is 11.1 Å². The number of amides is 1. The van der Waals surface area contributed by atoms with Crippen LogP contribution in [0.3, 0.4) is 0 Å². The maximum absolute atomic E-state index is 13.2. The fourth-order valence-electron chi connectivity index (χ4n) is 4.67. The molecular weight excluding hydrogens is 532 g/mol. The molecule has 214 valence electrons. The average molecular weight is 569 g/mol. The van der Waals surface area contributed by atoms with Crippen LogP contribution in [-0.4, -0.2) is 78.8 Å². The summed E-state index contributed by atoms with van der Waals surface area (Å²) in [5, 5.41) is 4.01. The molecule has 0 spiro atoms.